The summed E-state index contributed by atoms with van der Waals surface area (Å²) in [6, 6.07) is 18.0. The zero-order valence-electron chi connectivity index (χ0n) is 14.0. The molecule has 0 bridgehead atoms. The van der Waals surface area contributed by atoms with Crippen LogP contribution in [0, 0.1) is 0 Å². The number of ether oxygens (including phenoxy) is 1. The maximum atomic E-state index is 10.5. The molecule has 0 unspecified atom stereocenters. The van der Waals surface area contributed by atoms with Crippen LogP contribution in [0.1, 0.15) is 25.0 Å². The Labute approximate surface area is 142 Å². The van der Waals surface area contributed by atoms with Gasteiger partial charge in [-0.1, -0.05) is 74.5 Å². The summed E-state index contributed by atoms with van der Waals surface area (Å²) < 4.78 is 5.87. The zero-order valence-corrected chi connectivity index (χ0v) is 14.0. The number of aliphatic carboxylic acids is 1. The highest BCUT2D eigenvalue weighted by molar-refractivity contribution is 5.80. The van der Waals surface area contributed by atoms with Crippen LogP contribution in [0.2, 0.25) is 0 Å². The Morgan fingerprint density at radius 2 is 1.83 bits per heavy atom. The number of benzene rings is 2. The fraction of sp³-hybridized carbons (Fsp3) is 0.190. The average Bonchev–Trinajstić information content (AvgIpc) is 2.58. The molecule has 0 aliphatic heterocycles. The lowest BCUT2D eigenvalue weighted by molar-refractivity contribution is -0.131. The van der Waals surface area contributed by atoms with Gasteiger partial charge in [0, 0.05) is 11.5 Å². The van der Waals surface area contributed by atoms with E-state index in [2.05, 4.69) is 13.8 Å². The fourth-order valence-corrected chi connectivity index (χ4v) is 2.26. The predicted molar refractivity (Wildman–Crippen MR) is 96.2 cm³/mol. The number of carboxylic acids is 1. The van der Waals surface area contributed by atoms with E-state index in [0.717, 1.165) is 23.0 Å². The second kappa shape index (κ2) is 8.16. The Bertz CT molecular complexity index is 728. The molecule has 24 heavy (non-hydrogen) atoms. The maximum Gasteiger partial charge on any atom is 0.328 e. The van der Waals surface area contributed by atoms with Crippen molar-refractivity contribution in [1.82, 2.24) is 0 Å². The smallest absolute Gasteiger partial charge is 0.328 e. The molecule has 0 saturated carbocycles. The van der Waals surface area contributed by atoms with Crippen molar-refractivity contribution in [2.75, 3.05) is 0 Å². The van der Waals surface area contributed by atoms with E-state index in [1.54, 1.807) is 6.08 Å². The third kappa shape index (κ3) is 5.43. The van der Waals surface area contributed by atoms with Gasteiger partial charge in [-0.25, -0.2) is 4.79 Å². The minimum absolute atomic E-state index is 0.227. The molecule has 0 heterocycles. The molecule has 0 amide bonds. The van der Waals surface area contributed by atoms with Gasteiger partial charge in [0.1, 0.15) is 12.4 Å². The van der Waals surface area contributed by atoms with E-state index >= 15 is 0 Å². The van der Waals surface area contributed by atoms with E-state index < -0.39 is 5.97 Å². The number of rotatable bonds is 7. The van der Waals surface area contributed by atoms with Gasteiger partial charge >= 0.3 is 5.97 Å². The third-order valence-electron chi connectivity index (χ3n) is 3.69. The first kappa shape index (κ1) is 17.5. The van der Waals surface area contributed by atoms with Gasteiger partial charge in [0.15, 0.2) is 0 Å². The van der Waals surface area contributed by atoms with Crippen molar-refractivity contribution in [2.24, 2.45) is 0 Å². The van der Waals surface area contributed by atoms with Gasteiger partial charge in [-0.15, -0.1) is 0 Å². The van der Waals surface area contributed by atoms with Gasteiger partial charge in [0.2, 0.25) is 0 Å². The number of allylic oxidation sites excluding steroid dienone is 3. The highest BCUT2D eigenvalue weighted by atomic mass is 16.5. The van der Waals surface area contributed by atoms with E-state index in [1.165, 1.54) is 6.08 Å². The van der Waals surface area contributed by atoms with Crippen molar-refractivity contribution >= 4 is 5.97 Å². The molecule has 0 spiro atoms. The van der Waals surface area contributed by atoms with Crippen molar-refractivity contribution in [2.45, 2.75) is 25.9 Å². The molecule has 3 heteroatoms. The number of hydrogen-bond donors (Lipinski definition) is 1. The third-order valence-corrected chi connectivity index (χ3v) is 3.69. The lowest BCUT2D eigenvalue weighted by Crippen LogP contribution is -2.13. The lowest BCUT2D eigenvalue weighted by Gasteiger charge is -2.21. The van der Waals surface area contributed by atoms with Crippen LogP contribution in [0.5, 0.6) is 5.75 Å². The molecule has 2 aromatic carbocycles. The predicted octanol–water partition coefficient (Wildman–Crippen LogP) is 4.74. The molecule has 1 N–H and O–H groups in total. The Morgan fingerprint density at radius 3 is 2.54 bits per heavy atom. The van der Waals surface area contributed by atoms with Crippen LogP contribution in [-0.2, 0) is 16.8 Å². The summed E-state index contributed by atoms with van der Waals surface area (Å²) in [5, 5.41) is 8.61. The van der Waals surface area contributed by atoms with Crippen molar-refractivity contribution in [3.8, 4) is 5.75 Å². The van der Waals surface area contributed by atoms with Crippen LogP contribution in [0.3, 0.4) is 0 Å². The summed E-state index contributed by atoms with van der Waals surface area (Å²) in [5.41, 5.74) is 2.00. The monoisotopic (exact) mass is 322 g/mol. The maximum absolute atomic E-state index is 10.5. The van der Waals surface area contributed by atoms with Gasteiger partial charge in [0.05, 0.1) is 0 Å². The Morgan fingerprint density at radius 1 is 1.08 bits per heavy atom. The fourth-order valence-electron chi connectivity index (χ4n) is 2.26. The van der Waals surface area contributed by atoms with Crippen molar-refractivity contribution in [3.63, 3.8) is 0 Å². The normalized spacial score (nSPS) is 11.9. The molecule has 3 nitrogen and oxygen atoms in total. The average molecular weight is 322 g/mol. The second-order valence-corrected chi connectivity index (χ2v) is 6.08. The zero-order chi connectivity index (χ0) is 17.4. The van der Waals surface area contributed by atoms with E-state index in [0.29, 0.717) is 6.61 Å². The number of hydrogen-bond acceptors (Lipinski definition) is 2. The molecular formula is C21H22O3. The van der Waals surface area contributed by atoms with E-state index in [-0.39, 0.29) is 5.41 Å². The largest absolute Gasteiger partial charge is 0.489 e. The summed E-state index contributed by atoms with van der Waals surface area (Å²) in [5.74, 6) is -0.132. The van der Waals surface area contributed by atoms with E-state index in [4.69, 9.17) is 9.84 Å². The molecule has 2 aromatic rings. The van der Waals surface area contributed by atoms with Crippen LogP contribution in [-0.4, -0.2) is 11.1 Å². The SMILES string of the molecule is CC(C)(C=CC=CC(=O)O)c1cccc(OCc2ccccc2)c1. The van der Waals surface area contributed by atoms with Gasteiger partial charge in [-0.05, 0) is 23.3 Å². The first-order valence-corrected chi connectivity index (χ1v) is 7.83. The molecule has 0 aliphatic rings. The van der Waals surface area contributed by atoms with Crippen LogP contribution in [0.4, 0.5) is 0 Å². The summed E-state index contributed by atoms with van der Waals surface area (Å²) >= 11 is 0. The summed E-state index contributed by atoms with van der Waals surface area (Å²) in [7, 11) is 0. The van der Waals surface area contributed by atoms with E-state index in [1.807, 2.05) is 60.7 Å². The van der Waals surface area contributed by atoms with Crippen LogP contribution < -0.4 is 4.74 Å². The molecular weight excluding hydrogens is 300 g/mol. The highest BCUT2D eigenvalue weighted by Crippen LogP contribution is 2.28. The summed E-state index contributed by atoms with van der Waals surface area (Å²) in [6.07, 6.45) is 6.38. The number of carboxylic acid groups (broad SMARTS) is 1. The Hall–Kier alpha value is -2.81. The van der Waals surface area contributed by atoms with Crippen molar-refractivity contribution < 1.29 is 14.6 Å². The number of carbonyl (C=O) groups is 1. The van der Waals surface area contributed by atoms with Gasteiger partial charge < -0.3 is 9.84 Å². The molecule has 2 rings (SSSR count). The van der Waals surface area contributed by atoms with Crippen LogP contribution in [0.25, 0.3) is 0 Å². The minimum Gasteiger partial charge on any atom is -0.489 e. The molecule has 124 valence electrons. The topological polar surface area (TPSA) is 46.5 Å². The first-order valence-electron chi connectivity index (χ1n) is 7.83. The highest BCUT2D eigenvalue weighted by Gasteiger charge is 2.17. The molecule has 0 radical (unpaired) electrons. The molecule has 0 saturated heterocycles. The van der Waals surface area contributed by atoms with Gasteiger partial charge in [0.25, 0.3) is 0 Å². The second-order valence-electron chi connectivity index (χ2n) is 6.08. The standard InChI is InChI=1S/C21H22O3/c1-21(2,14-7-6-13-20(22)23)18-11-8-12-19(15-18)24-16-17-9-4-3-5-10-17/h3-15H,16H2,1-2H3,(H,22,23). The van der Waals surface area contributed by atoms with Gasteiger partial charge in [-0.2, -0.15) is 0 Å². The molecule has 0 atom stereocenters. The van der Waals surface area contributed by atoms with Crippen molar-refractivity contribution in [3.05, 3.63) is 90.0 Å². The first-order chi connectivity index (χ1) is 11.5. The molecule has 0 aliphatic carbocycles. The minimum atomic E-state index is -0.950. The van der Waals surface area contributed by atoms with E-state index in [9.17, 15) is 4.79 Å². The summed E-state index contributed by atoms with van der Waals surface area (Å²) in [4.78, 5) is 10.5. The van der Waals surface area contributed by atoms with Crippen LogP contribution in [0.15, 0.2) is 78.9 Å². The Balaban J connectivity index is 2.06. The molecule has 0 fully saturated rings. The van der Waals surface area contributed by atoms with Crippen LogP contribution >= 0.6 is 0 Å². The Kier molecular flexibility index (Phi) is 5.96. The molecule has 0 aromatic heterocycles. The quantitative estimate of drug-likeness (QED) is 0.591. The van der Waals surface area contributed by atoms with Gasteiger partial charge in [-0.3, -0.25) is 0 Å². The summed E-state index contributed by atoms with van der Waals surface area (Å²) in [6.45, 7) is 4.69. The van der Waals surface area contributed by atoms with Crippen molar-refractivity contribution in [1.29, 1.82) is 0 Å². The lowest BCUT2D eigenvalue weighted by atomic mass is 9.84.